The molecule has 3 rings (SSSR count). The van der Waals surface area contributed by atoms with E-state index in [1.54, 1.807) is 17.4 Å². The molecule has 0 amide bonds. The van der Waals surface area contributed by atoms with Crippen LogP contribution in [0.2, 0.25) is 0 Å². The molecule has 2 N–H and O–H groups in total. The second kappa shape index (κ2) is 6.28. The first-order valence-corrected chi connectivity index (χ1v) is 7.92. The summed E-state index contributed by atoms with van der Waals surface area (Å²) in [7, 11) is -1.63. The van der Waals surface area contributed by atoms with Gasteiger partial charge in [-0.25, -0.2) is 4.39 Å². The highest BCUT2D eigenvalue weighted by Crippen LogP contribution is 2.30. The predicted octanol–water partition coefficient (Wildman–Crippen LogP) is 1.73. The Morgan fingerprint density at radius 3 is 2.67 bits per heavy atom. The zero-order valence-electron chi connectivity index (χ0n) is 11.6. The van der Waals surface area contributed by atoms with Crippen molar-refractivity contribution in [3.63, 3.8) is 0 Å². The van der Waals surface area contributed by atoms with Gasteiger partial charge in [0.15, 0.2) is 0 Å². The lowest BCUT2D eigenvalue weighted by Crippen LogP contribution is -2.31. The van der Waals surface area contributed by atoms with Gasteiger partial charge in [-0.05, 0) is 47.4 Å². The Labute approximate surface area is 127 Å². The Kier molecular flexibility index (Phi) is 4.40. The van der Waals surface area contributed by atoms with Crippen LogP contribution in [0.15, 0.2) is 35.7 Å². The number of rotatable bonds is 6. The van der Waals surface area contributed by atoms with Gasteiger partial charge in [0.2, 0.25) is 0 Å². The molecule has 0 saturated heterocycles. The van der Waals surface area contributed by atoms with Gasteiger partial charge in [-0.15, -0.1) is 11.3 Å². The molecule has 1 aliphatic rings. The number of nitrogens with zero attached hydrogens (tertiary/aromatic N) is 1. The molecule has 0 aliphatic heterocycles. The lowest BCUT2D eigenvalue weighted by molar-refractivity contribution is 0.248. The summed E-state index contributed by atoms with van der Waals surface area (Å²) in [6.45, 7) is 1.48. The quantitative estimate of drug-likeness (QED) is 0.799. The number of hydrogen-bond acceptors (Lipinski definition) is 4. The Balaban J connectivity index is 1.76. The molecule has 1 aromatic carbocycles. The minimum Gasteiger partial charge on any atom is -0.423 e. The summed E-state index contributed by atoms with van der Waals surface area (Å²) in [4.78, 5) is 3.62. The molecule has 1 aromatic heterocycles. The summed E-state index contributed by atoms with van der Waals surface area (Å²) in [6.07, 6.45) is 2.35. The van der Waals surface area contributed by atoms with E-state index in [1.165, 1.54) is 23.8 Å². The van der Waals surface area contributed by atoms with E-state index >= 15 is 0 Å². The van der Waals surface area contributed by atoms with E-state index in [-0.39, 0.29) is 5.46 Å². The maximum absolute atomic E-state index is 13.6. The number of benzene rings is 1. The Hall–Kier alpha value is -1.21. The van der Waals surface area contributed by atoms with Crippen molar-refractivity contribution in [2.45, 2.75) is 32.0 Å². The molecule has 0 radical (unpaired) electrons. The average molecular weight is 305 g/mol. The molecule has 3 nitrogen and oxygen atoms in total. The van der Waals surface area contributed by atoms with Crippen molar-refractivity contribution in [3.05, 3.63) is 52.0 Å². The smallest absolute Gasteiger partial charge is 0.423 e. The molecule has 0 spiro atoms. The van der Waals surface area contributed by atoms with Crippen LogP contribution in [0.4, 0.5) is 4.39 Å². The molecule has 1 saturated carbocycles. The lowest BCUT2D eigenvalue weighted by atomic mass is 9.79. The van der Waals surface area contributed by atoms with Crippen LogP contribution in [0.1, 0.15) is 23.3 Å². The minimum atomic E-state index is -1.63. The molecular weight excluding hydrogens is 288 g/mol. The fraction of sp³-hybridized carbons (Fsp3) is 0.333. The highest BCUT2D eigenvalue weighted by atomic mass is 32.1. The van der Waals surface area contributed by atoms with Crippen molar-refractivity contribution in [2.24, 2.45) is 0 Å². The molecule has 1 aliphatic carbocycles. The van der Waals surface area contributed by atoms with Crippen LogP contribution >= 0.6 is 11.3 Å². The van der Waals surface area contributed by atoms with Crippen LogP contribution < -0.4 is 5.46 Å². The van der Waals surface area contributed by atoms with Crippen LogP contribution in [0.5, 0.6) is 0 Å². The topological polar surface area (TPSA) is 43.7 Å². The van der Waals surface area contributed by atoms with Gasteiger partial charge in [0, 0.05) is 24.0 Å². The lowest BCUT2D eigenvalue weighted by Gasteiger charge is -2.21. The van der Waals surface area contributed by atoms with Crippen molar-refractivity contribution < 1.29 is 14.4 Å². The van der Waals surface area contributed by atoms with Gasteiger partial charge in [-0.2, -0.15) is 0 Å². The van der Waals surface area contributed by atoms with E-state index in [9.17, 15) is 14.4 Å². The van der Waals surface area contributed by atoms with Crippen molar-refractivity contribution in [2.75, 3.05) is 0 Å². The van der Waals surface area contributed by atoms with Gasteiger partial charge >= 0.3 is 7.12 Å². The summed E-state index contributed by atoms with van der Waals surface area (Å²) < 4.78 is 13.6. The van der Waals surface area contributed by atoms with Gasteiger partial charge in [0.05, 0.1) is 0 Å². The first-order valence-electron chi connectivity index (χ1n) is 7.04. The SMILES string of the molecule is OB(O)c1cc(F)cc(CN(Cc2cccs2)C2CC2)c1. The van der Waals surface area contributed by atoms with Crippen LogP contribution in [-0.4, -0.2) is 28.1 Å². The van der Waals surface area contributed by atoms with Crippen LogP contribution in [0, 0.1) is 5.82 Å². The third-order valence-corrected chi connectivity index (χ3v) is 4.53. The molecule has 6 heteroatoms. The first-order chi connectivity index (χ1) is 10.1. The number of hydrogen-bond donors (Lipinski definition) is 2. The van der Waals surface area contributed by atoms with Crippen LogP contribution in [0.25, 0.3) is 0 Å². The third-order valence-electron chi connectivity index (χ3n) is 3.67. The van der Waals surface area contributed by atoms with Gasteiger partial charge in [-0.1, -0.05) is 12.1 Å². The van der Waals surface area contributed by atoms with Crippen molar-refractivity contribution in [1.82, 2.24) is 4.90 Å². The monoisotopic (exact) mass is 305 g/mol. The van der Waals surface area contributed by atoms with Crippen molar-refractivity contribution in [3.8, 4) is 0 Å². The molecule has 0 bridgehead atoms. The van der Waals surface area contributed by atoms with Crippen LogP contribution in [0.3, 0.4) is 0 Å². The van der Waals surface area contributed by atoms with E-state index in [2.05, 4.69) is 16.3 Å². The third kappa shape index (κ3) is 3.92. The van der Waals surface area contributed by atoms with E-state index in [1.807, 2.05) is 6.07 Å². The zero-order chi connectivity index (χ0) is 14.8. The number of halogens is 1. The van der Waals surface area contributed by atoms with Crippen molar-refractivity contribution in [1.29, 1.82) is 0 Å². The molecule has 1 heterocycles. The molecule has 0 atom stereocenters. The normalized spacial score (nSPS) is 14.7. The average Bonchev–Trinajstić information content (AvgIpc) is 3.16. The molecule has 2 aromatic rings. The fourth-order valence-corrected chi connectivity index (χ4v) is 3.24. The van der Waals surface area contributed by atoms with Crippen molar-refractivity contribution >= 4 is 23.9 Å². The Morgan fingerprint density at radius 2 is 2.05 bits per heavy atom. The molecule has 0 unspecified atom stereocenters. The zero-order valence-corrected chi connectivity index (χ0v) is 12.4. The summed E-state index contributed by atoms with van der Waals surface area (Å²) in [5.74, 6) is -0.428. The highest BCUT2D eigenvalue weighted by molar-refractivity contribution is 7.09. The second-order valence-electron chi connectivity index (χ2n) is 5.48. The summed E-state index contributed by atoms with van der Waals surface area (Å²) in [5.41, 5.74) is 0.985. The van der Waals surface area contributed by atoms with Gasteiger partial charge in [0.1, 0.15) is 5.82 Å². The second-order valence-corrected chi connectivity index (χ2v) is 6.51. The highest BCUT2D eigenvalue weighted by Gasteiger charge is 2.29. The van der Waals surface area contributed by atoms with E-state index in [0.717, 1.165) is 18.2 Å². The Morgan fingerprint density at radius 1 is 1.24 bits per heavy atom. The first kappa shape index (κ1) is 14.7. The van der Waals surface area contributed by atoms with E-state index in [0.29, 0.717) is 12.6 Å². The fourth-order valence-electron chi connectivity index (χ4n) is 2.51. The summed E-state index contributed by atoms with van der Waals surface area (Å²) >= 11 is 1.72. The molecular formula is C15H17BFNO2S. The minimum absolute atomic E-state index is 0.205. The largest absolute Gasteiger partial charge is 0.488 e. The maximum atomic E-state index is 13.6. The predicted molar refractivity (Wildman–Crippen MR) is 82.8 cm³/mol. The maximum Gasteiger partial charge on any atom is 0.488 e. The standard InChI is InChI=1S/C15H17BFNO2S/c17-13-7-11(6-12(8-13)16(19)20)9-18(14-3-4-14)10-15-2-1-5-21-15/h1-2,5-8,14,19-20H,3-4,9-10H2. The molecule has 21 heavy (non-hydrogen) atoms. The van der Waals surface area contributed by atoms with Gasteiger partial charge < -0.3 is 10.0 Å². The van der Waals surface area contributed by atoms with Gasteiger partial charge in [0.25, 0.3) is 0 Å². The van der Waals surface area contributed by atoms with Gasteiger partial charge in [-0.3, -0.25) is 4.90 Å². The summed E-state index contributed by atoms with van der Waals surface area (Å²) in [5, 5.41) is 20.5. The van der Waals surface area contributed by atoms with Crippen LogP contribution in [-0.2, 0) is 13.1 Å². The Bertz CT molecular complexity index is 602. The molecule has 110 valence electrons. The van der Waals surface area contributed by atoms with E-state index in [4.69, 9.17) is 0 Å². The van der Waals surface area contributed by atoms with E-state index < -0.39 is 12.9 Å². The summed E-state index contributed by atoms with van der Waals surface area (Å²) in [6, 6.07) is 8.99. The number of thiophene rings is 1. The molecule has 1 fully saturated rings.